The van der Waals surface area contributed by atoms with Gasteiger partial charge in [0.2, 0.25) is 5.91 Å². The zero-order chi connectivity index (χ0) is 24.5. The predicted molar refractivity (Wildman–Crippen MR) is 128 cm³/mol. The molecule has 1 aliphatic heterocycles. The van der Waals surface area contributed by atoms with Crippen LogP contribution < -0.4 is 10.2 Å². The molecule has 3 aromatic rings. The number of benzene rings is 1. The van der Waals surface area contributed by atoms with Crippen molar-refractivity contribution in [3.8, 4) is 5.82 Å². The normalized spacial score (nSPS) is 14.2. The quantitative estimate of drug-likeness (QED) is 0.568. The molecule has 1 aliphatic rings. The average molecular weight is 503 g/mol. The van der Waals surface area contributed by atoms with Gasteiger partial charge in [0.25, 0.3) is 5.91 Å². The van der Waals surface area contributed by atoms with E-state index in [1.807, 2.05) is 17.0 Å². The molecule has 10 nitrogen and oxygen atoms in total. The van der Waals surface area contributed by atoms with E-state index in [0.717, 1.165) is 11.9 Å². The first-order chi connectivity index (χ1) is 16.1. The Kier molecular flexibility index (Phi) is 6.58. The highest BCUT2D eigenvalue weighted by Gasteiger charge is 2.20. The molecule has 1 aromatic carbocycles. The Hall–Kier alpha value is -3.44. The molecule has 0 saturated carbocycles. The Labute approximate surface area is 202 Å². The maximum Gasteiger partial charge on any atom is 0.258 e. The first kappa shape index (κ1) is 23.7. The number of sulfone groups is 1. The summed E-state index contributed by atoms with van der Waals surface area (Å²) in [6.07, 6.45) is 5.68. The van der Waals surface area contributed by atoms with Gasteiger partial charge in [-0.3, -0.25) is 9.59 Å². The monoisotopic (exact) mass is 502 g/mol. The highest BCUT2D eigenvalue weighted by molar-refractivity contribution is 7.90. The number of halogens is 1. The summed E-state index contributed by atoms with van der Waals surface area (Å²) in [5.41, 5.74) is 1.47. The number of aromatic nitrogens is 3. The van der Waals surface area contributed by atoms with Crippen molar-refractivity contribution in [1.29, 1.82) is 0 Å². The summed E-state index contributed by atoms with van der Waals surface area (Å²) in [5.74, 6) is 0.139. The molecule has 12 heteroatoms. The molecule has 2 amide bonds. The molecule has 178 valence electrons. The fourth-order valence-electron chi connectivity index (χ4n) is 3.63. The highest BCUT2D eigenvalue weighted by atomic mass is 35.5. The maximum absolute atomic E-state index is 12.7. The van der Waals surface area contributed by atoms with Crippen molar-refractivity contribution < 1.29 is 18.0 Å². The number of carbonyl (C=O) groups is 2. The van der Waals surface area contributed by atoms with Crippen molar-refractivity contribution in [1.82, 2.24) is 19.7 Å². The molecule has 3 heterocycles. The first-order valence-corrected chi connectivity index (χ1v) is 12.7. The summed E-state index contributed by atoms with van der Waals surface area (Å²) in [6.45, 7) is 4.31. The minimum absolute atomic E-state index is 0.0103. The minimum atomic E-state index is -3.48. The van der Waals surface area contributed by atoms with Gasteiger partial charge in [-0.25, -0.2) is 18.1 Å². The van der Waals surface area contributed by atoms with Gasteiger partial charge >= 0.3 is 0 Å². The predicted octanol–water partition coefficient (Wildman–Crippen LogP) is 2.25. The summed E-state index contributed by atoms with van der Waals surface area (Å²) < 4.78 is 25.1. The van der Waals surface area contributed by atoms with Gasteiger partial charge in [-0.1, -0.05) is 11.6 Å². The van der Waals surface area contributed by atoms with Gasteiger partial charge in [-0.05, 0) is 24.3 Å². The van der Waals surface area contributed by atoms with Crippen molar-refractivity contribution in [2.45, 2.75) is 11.8 Å². The van der Waals surface area contributed by atoms with Gasteiger partial charge in [-0.15, -0.1) is 0 Å². The number of rotatable bonds is 5. The van der Waals surface area contributed by atoms with Gasteiger partial charge in [-0.2, -0.15) is 5.10 Å². The Morgan fingerprint density at radius 2 is 1.82 bits per heavy atom. The van der Waals surface area contributed by atoms with Crippen LogP contribution in [0.25, 0.3) is 5.82 Å². The summed E-state index contributed by atoms with van der Waals surface area (Å²) in [5, 5.41) is 7.09. The molecule has 0 radical (unpaired) electrons. The maximum atomic E-state index is 12.7. The van der Waals surface area contributed by atoms with E-state index in [1.54, 1.807) is 13.1 Å². The van der Waals surface area contributed by atoms with Crippen molar-refractivity contribution in [2.24, 2.45) is 0 Å². The Balaban J connectivity index is 1.49. The SMILES string of the molecule is CC(=O)N1CCN(c2ccnc(-n3cc(C(=O)Nc4cc(Cl)cc(S(C)(=O)=O)c4)cn3)c2)CC1. The molecule has 0 bridgehead atoms. The van der Waals surface area contributed by atoms with Crippen LogP contribution in [0.4, 0.5) is 11.4 Å². The molecule has 4 rings (SSSR count). The number of nitrogens with one attached hydrogen (secondary N) is 1. The number of hydrogen-bond acceptors (Lipinski definition) is 7. The number of pyridine rings is 1. The Morgan fingerprint density at radius 3 is 2.50 bits per heavy atom. The highest BCUT2D eigenvalue weighted by Crippen LogP contribution is 2.23. The summed E-state index contributed by atoms with van der Waals surface area (Å²) in [7, 11) is -3.48. The van der Waals surface area contributed by atoms with E-state index < -0.39 is 15.7 Å². The first-order valence-electron chi connectivity index (χ1n) is 10.4. The number of carbonyl (C=O) groups excluding carboxylic acids is 2. The molecule has 0 unspecified atom stereocenters. The van der Waals surface area contributed by atoms with E-state index in [9.17, 15) is 18.0 Å². The lowest BCUT2D eigenvalue weighted by Gasteiger charge is -2.35. The van der Waals surface area contributed by atoms with Crippen LogP contribution in [-0.4, -0.2) is 72.3 Å². The van der Waals surface area contributed by atoms with Crippen LogP contribution in [0.15, 0.2) is 53.8 Å². The minimum Gasteiger partial charge on any atom is -0.368 e. The lowest BCUT2D eigenvalue weighted by Crippen LogP contribution is -2.48. The van der Waals surface area contributed by atoms with Crippen LogP contribution in [-0.2, 0) is 14.6 Å². The van der Waals surface area contributed by atoms with Crippen molar-refractivity contribution in [3.05, 3.63) is 59.5 Å². The van der Waals surface area contributed by atoms with Crippen LogP contribution in [0.5, 0.6) is 0 Å². The van der Waals surface area contributed by atoms with Crippen LogP contribution in [0.3, 0.4) is 0 Å². The Morgan fingerprint density at radius 1 is 1.09 bits per heavy atom. The third-order valence-electron chi connectivity index (χ3n) is 5.46. The van der Waals surface area contributed by atoms with Crippen LogP contribution in [0, 0.1) is 0 Å². The Bertz CT molecular complexity index is 1350. The van der Waals surface area contributed by atoms with Crippen molar-refractivity contribution in [3.63, 3.8) is 0 Å². The summed E-state index contributed by atoms with van der Waals surface area (Å²) in [6, 6.07) is 7.90. The summed E-state index contributed by atoms with van der Waals surface area (Å²) >= 11 is 6.01. The second-order valence-electron chi connectivity index (χ2n) is 7.94. The molecular weight excluding hydrogens is 480 g/mol. The standard InChI is InChI=1S/C22H23ClN6O4S/c1-15(30)27-5-7-28(8-6-27)19-3-4-24-21(12-19)29-14-16(13-25-29)22(31)26-18-9-17(23)10-20(11-18)34(2,32)33/h3-4,9-14H,5-8H2,1-2H3,(H,26,31). The average Bonchev–Trinajstić information content (AvgIpc) is 3.29. The molecule has 0 aliphatic carbocycles. The lowest BCUT2D eigenvalue weighted by molar-refractivity contribution is -0.129. The zero-order valence-corrected chi connectivity index (χ0v) is 20.2. The fourth-order valence-corrected chi connectivity index (χ4v) is 4.61. The second-order valence-corrected chi connectivity index (χ2v) is 10.4. The molecular formula is C22H23ClN6O4S. The number of hydrogen-bond donors (Lipinski definition) is 1. The smallest absolute Gasteiger partial charge is 0.258 e. The van der Waals surface area contributed by atoms with Crippen LogP contribution in [0.1, 0.15) is 17.3 Å². The molecule has 1 fully saturated rings. The topological polar surface area (TPSA) is 117 Å². The second kappa shape index (κ2) is 9.43. The largest absolute Gasteiger partial charge is 0.368 e. The van der Waals surface area contributed by atoms with Gasteiger partial charge in [0.1, 0.15) is 0 Å². The third kappa shape index (κ3) is 5.37. The molecule has 1 saturated heterocycles. The molecule has 1 N–H and O–H groups in total. The van der Waals surface area contributed by atoms with Gasteiger partial charge in [0, 0.05) is 74.2 Å². The molecule has 0 spiro atoms. The van der Waals surface area contributed by atoms with Crippen molar-refractivity contribution in [2.75, 3.05) is 42.7 Å². The third-order valence-corrected chi connectivity index (χ3v) is 6.77. The number of nitrogens with zero attached hydrogens (tertiary/aromatic N) is 5. The number of amides is 2. The molecule has 0 atom stereocenters. The van der Waals surface area contributed by atoms with Crippen molar-refractivity contribution >= 4 is 44.6 Å². The van der Waals surface area contributed by atoms with E-state index in [0.29, 0.717) is 32.0 Å². The van der Waals surface area contributed by atoms with E-state index in [-0.39, 0.29) is 27.1 Å². The summed E-state index contributed by atoms with van der Waals surface area (Å²) in [4.78, 5) is 32.6. The van der Waals surface area contributed by atoms with Gasteiger partial charge in [0.05, 0.1) is 16.7 Å². The molecule has 2 aromatic heterocycles. The van der Waals surface area contributed by atoms with Gasteiger partial charge in [0.15, 0.2) is 15.7 Å². The van der Waals surface area contributed by atoms with E-state index in [4.69, 9.17) is 11.6 Å². The van der Waals surface area contributed by atoms with Crippen LogP contribution in [0.2, 0.25) is 5.02 Å². The number of piperazine rings is 1. The lowest BCUT2D eigenvalue weighted by atomic mass is 10.2. The van der Waals surface area contributed by atoms with Gasteiger partial charge < -0.3 is 15.1 Å². The van der Waals surface area contributed by atoms with Crippen LogP contribution >= 0.6 is 11.6 Å². The zero-order valence-electron chi connectivity index (χ0n) is 18.6. The molecule has 34 heavy (non-hydrogen) atoms. The van der Waals surface area contributed by atoms with E-state index >= 15 is 0 Å². The van der Waals surface area contributed by atoms with E-state index in [1.165, 1.54) is 35.3 Å². The van der Waals surface area contributed by atoms with E-state index in [2.05, 4.69) is 20.3 Å². The number of anilines is 2. The fraction of sp³-hybridized carbons (Fsp3) is 0.273.